The molecular weight excluding hydrogens is 510 g/mol. The maximum absolute atomic E-state index is 13.2. The molecule has 2 aromatic rings. The second kappa shape index (κ2) is 10.5. The SMILES string of the molecule is COc1ccc(CC2NC(Cc3c(Cl)cc(B4OC(C)(C)C(C)(C)O4)cc3Cl)=CN(C(C)C)C2=O)cc1. The van der Waals surface area contributed by atoms with Gasteiger partial charge in [-0.2, -0.15) is 0 Å². The van der Waals surface area contributed by atoms with Crippen LogP contribution in [0.2, 0.25) is 10.0 Å². The Balaban J connectivity index is 1.56. The molecule has 0 aromatic heterocycles. The molecule has 4 rings (SSSR count). The van der Waals surface area contributed by atoms with Gasteiger partial charge < -0.3 is 24.3 Å². The van der Waals surface area contributed by atoms with Gasteiger partial charge >= 0.3 is 7.12 Å². The number of methoxy groups -OCH3 is 1. The van der Waals surface area contributed by atoms with Crippen molar-refractivity contribution in [1.29, 1.82) is 0 Å². The summed E-state index contributed by atoms with van der Waals surface area (Å²) in [5, 5.41) is 4.49. The van der Waals surface area contributed by atoms with Crippen molar-refractivity contribution in [2.75, 3.05) is 7.11 Å². The van der Waals surface area contributed by atoms with Crippen molar-refractivity contribution in [2.45, 2.75) is 77.7 Å². The normalized spacial score (nSPS) is 20.8. The Bertz CT molecular complexity index is 1160. The van der Waals surface area contributed by atoms with Crippen LogP contribution in [0.1, 0.15) is 52.7 Å². The molecule has 0 spiro atoms. The second-order valence-electron chi connectivity index (χ2n) is 11.0. The van der Waals surface area contributed by atoms with Crippen molar-refractivity contribution < 1.29 is 18.8 Å². The van der Waals surface area contributed by atoms with Crippen molar-refractivity contribution >= 4 is 41.7 Å². The van der Waals surface area contributed by atoms with Gasteiger partial charge in [0.15, 0.2) is 0 Å². The first-order valence-electron chi connectivity index (χ1n) is 12.6. The highest BCUT2D eigenvalue weighted by atomic mass is 35.5. The molecule has 1 N–H and O–H groups in total. The molecule has 0 bridgehead atoms. The molecule has 2 aliphatic heterocycles. The lowest BCUT2D eigenvalue weighted by Crippen LogP contribution is -2.52. The van der Waals surface area contributed by atoms with Crippen LogP contribution < -0.4 is 15.5 Å². The Morgan fingerprint density at radius 1 is 1.05 bits per heavy atom. The van der Waals surface area contributed by atoms with Gasteiger partial charge in [-0.1, -0.05) is 35.3 Å². The van der Waals surface area contributed by atoms with Gasteiger partial charge in [-0.05, 0) is 82.4 Å². The van der Waals surface area contributed by atoms with Crippen molar-refractivity contribution in [1.82, 2.24) is 10.2 Å². The van der Waals surface area contributed by atoms with Crippen molar-refractivity contribution in [3.63, 3.8) is 0 Å². The molecule has 1 saturated heterocycles. The van der Waals surface area contributed by atoms with Gasteiger partial charge in [-0.25, -0.2) is 0 Å². The first-order chi connectivity index (χ1) is 17.3. The third kappa shape index (κ3) is 5.80. The summed E-state index contributed by atoms with van der Waals surface area (Å²) < 4.78 is 17.6. The standard InChI is InChI=1S/C28H35BCl2N2O4/c1-17(2)33-16-20(32-25(26(33)34)12-18-8-10-21(35-7)11-9-18)15-22-23(30)13-19(14-24(22)31)29-36-27(3,4)28(5,6)37-29/h8-11,13-14,16-17,25,32H,12,15H2,1-7H3. The number of nitrogens with one attached hydrogen (secondary N) is 1. The van der Waals surface area contributed by atoms with Gasteiger partial charge in [0.05, 0.1) is 18.3 Å². The monoisotopic (exact) mass is 544 g/mol. The highest BCUT2D eigenvalue weighted by Crippen LogP contribution is 2.37. The fourth-order valence-corrected chi connectivity index (χ4v) is 5.10. The zero-order valence-corrected chi connectivity index (χ0v) is 24.0. The number of hydrogen-bond acceptors (Lipinski definition) is 5. The summed E-state index contributed by atoms with van der Waals surface area (Å²) in [5.74, 6) is 0.812. The zero-order chi connectivity index (χ0) is 27.1. The fourth-order valence-electron chi connectivity index (χ4n) is 4.47. The van der Waals surface area contributed by atoms with E-state index in [0.29, 0.717) is 22.9 Å². The van der Waals surface area contributed by atoms with Gasteiger partial charge in [0.1, 0.15) is 11.8 Å². The molecule has 37 heavy (non-hydrogen) atoms. The van der Waals surface area contributed by atoms with Crippen molar-refractivity contribution in [2.24, 2.45) is 0 Å². The number of carbonyl (C=O) groups is 1. The predicted octanol–water partition coefficient (Wildman–Crippen LogP) is 5.14. The number of rotatable bonds is 7. The number of ether oxygens (including phenoxy) is 1. The van der Waals surface area contributed by atoms with Gasteiger partial charge in [0.2, 0.25) is 5.91 Å². The first kappa shape index (κ1) is 27.8. The molecule has 0 saturated carbocycles. The van der Waals surface area contributed by atoms with E-state index < -0.39 is 24.4 Å². The summed E-state index contributed by atoms with van der Waals surface area (Å²) in [5.41, 5.74) is 2.55. The van der Waals surface area contributed by atoms with E-state index in [2.05, 4.69) is 5.32 Å². The number of benzene rings is 2. The number of nitrogens with zero attached hydrogens (tertiary/aromatic N) is 1. The van der Waals surface area contributed by atoms with Crippen LogP contribution >= 0.6 is 23.2 Å². The minimum atomic E-state index is -0.552. The quantitative estimate of drug-likeness (QED) is 0.489. The summed E-state index contributed by atoms with van der Waals surface area (Å²) in [6, 6.07) is 11.1. The van der Waals surface area contributed by atoms with E-state index in [-0.39, 0.29) is 11.9 Å². The largest absolute Gasteiger partial charge is 0.497 e. The first-order valence-corrected chi connectivity index (χ1v) is 13.3. The topological polar surface area (TPSA) is 60.0 Å². The summed E-state index contributed by atoms with van der Waals surface area (Å²) in [4.78, 5) is 15.0. The van der Waals surface area contributed by atoms with Gasteiger partial charge in [0.25, 0.3) is 0 Å². The molecule has 2 aliphatic rings. The minimum Gasteiger partial charge on any atom is -0.497 e. The lowest BCUT2D eigenvalue weighted by molar-refractivity contribution is -0.133. The van der Waals surface area contributed by atoms with Crippen LogP contribution in [0.3, 0.4) is 0 Å². The molecule has 0 radical (unpaired) electrons. The number of carbonyl (C=O) groups excluding carboxylic acids is 1. The second-order valence-corrected chi connectivity index (χ2v) is 11.8. The molecule has 198 valence electrons. The lowest BCUT2D eigenvalue weighted by Gasteiger charge is -2.35. The van der Waals surface area contributed by atoms with Crippen LogP contribution in [0.15, 0.2) is 48.3 Å². The highest BCUT2D eigenvalue weighted by Gasteiger charge is 2.51. The van der Waals surface area contributed by atoms with Crippen molar-refractivity contribution in [3.8, 4) is 5.75 Å². The van der Waals surface area contributed by atoms with Gasteiger partial charge in [-0.3, -0.25) is 4.79 Å². The van der Waals surface area contributed by atoms with Crippen molar-refractivity contribution in [3.05, 3.63) is 69.5 Å². The Hall–Kier alpha value is -2.19. The van der Waals surface area contributed by atoms with E-state index >= 15 is 0 Å². The molecule has 1 unspecified atom stereocenters. The van der Waals surface area contributed by atoms with Crippen LogP contribution in [0.5, 0.6) is 5.75 Å². The average molecular weight is 545 g/mol. The molecule has 2 heterocycles. The Morgan fingerprint density at radius 3 is 2.14 bits per heavy atom. The highest BCUT2D eigenvalue weighted by molar-refractivity contribution is 6.63. The average Bonchev–Trinajstić information content (AvgIpc) is 3.05. The summed E-state index contributed by atoms with van der Waals surface area (Å²) in [7, 11) is 1.08. The Labute approximate surface area is 230 Å². The summed E-state index contributed by atoms with van der Waals surface area (Å²) in [6.45, 7) is 12.0. The maximum Gasteiger partial charge on any atom is 0.494 e. The van der Waals surface area contributed by atoms with E-state index in [1.165, 1.54) is 0 Å². The Kier molecular flexibility index (Phi) is 7.92. The van der Waals surface area contributed by atoms with E-state index in [0.717, 1.165) is 28.0 Å². The summed E-state index contributed by atoms with van der Waals surface area (Å²) in [6.07, 6.45) is 2.87. The van der Waals surface area contributed by atoms with E-state index in [9.17, 15) is 4.79 Å². The molecule has 0 aliphatic carbocycles. The molecule has 9 heteroatoms. The third-order valence-corrected chi connectivity index (χ3v) is 8.09. The zero-order valence-electron chi connectivity index (χ0n) is 22.5. The molecule has 1 fully saturated rings. The minimum absolute atomic E-state index is 0.0136. The molecular formula is C28H35BCl2N2O4. The van der Waals surface area contributed by atoms with Gasteiger partial charge in [0, 0.05) is 40.8 Å². The molecule has 1 atom stereocenters. The molecule has 2 aromatic carbocycles. The van der Waals surface area contributed by atoms with Crippen LogP contribution in [0.4, 0.5) is 0 Å². The predicted molar refractivity (Wildman–Crippen MR) is 150 cm³/mol. The number of allylic oxidation sites excluding steroid dienone is 1. The van der Waals surface area contributed by atoms with Gasteiger partial charge in [-0.15, -0.1) is 0 Å². The van der Waals surface area contributed by atoms with Crippen LogP contribution in [-0.4, -0.2) is 48.3 Å². The Morgan fingerprint density at radius 2 is 1.62 bits per heavy atom. The van der Waals surface area contributed by atoms with E-state index in [1.807, 2.05) is 84.1 Å². The number of hydrogen-bond donors (Lipinski definition) is 1. The maximum atomic E-state index is 13.2. The summed E-state index contributed by atoms with van der Waals surface area (Å²) >= 11 is 13.5. The number of halogens is 2. The van der Waals surface area contributed by atoms with Crippen LogP contribution in [0.25, 0.3) is 0 Å². The van der Waals surface area contributed by atoms with E-state index in [1.54, 1.807) is 12.0 Å². The lowest BCUT2D eigenvalue weighted by atomic mass is 9.78. The molecule has 1 amide bonds. The van der Waals surface area contributed by atoms with Crippen LogP contribution in [-0.2, 0) is 26.9 Å². The number of amides is 1. The molecule has 6 nitrogen and oxygen atoms in total. The third-order valence-electron chi connectivity index (χ3n) is 7.42. The van der Waals surface area contributed by atoms with Crippen LogP contribution in [0, 0.1) is 0 Å². The van der Waals surface area contributed by atoms with E-state index in [4.69, 9.17) is 37.2 Å². The smallest absolute Gasteiger partial charge is 0.494 e. The fraction of sp³-hybridized carbons (Fsp3) is 0.464.